The van der Waals surface area contributed by atoms with E-state index in [2.05, 4.69) is 39.8 Å². The first kappa shape index (κ1) is 19.5. The van der Waals surface area contributed by atoms with Gasteiger partial charge in [-0.25, -0.2) is 0 Å². The molecule has 1 aromatic rings. The Morgan fingerprint density at radius 2 is 1.36 bits per heavy atom. The first-order valence-corrected chi connectivity index (χ1v) is 13.1. The SMILES string of the molecule is CCCCCCCCCCc1coc(CCC)c1[Si](C)(C)C. The average Bonchev–Trinajstić information content (AvgIpc) is 2.85. The van der Waals surface area contributed by atoms with Crippen LogP contribution in [0, 0.1) is 0 Å². The quantitative estimate of drug-likeness (QED) is 0.318. The molecule has 0 aliphatic carbocycles. The lowest BCUT2D eigenvalue weighted by atomic mass is 10.1. The summed E-state index contributed by atoms with van der Waals surface area (Å²) in [5.41, 5.74) is 1.52. The number of furan rings is 1. The van der Waals surface area contributed by atoms with Crippen molar-refractivity contribution in [1.29, 1.82) is 0 Å². The first-order chi connectivity index (χ1) is 10.5. The molecule has 0 unspecified atom stereocenters. The van der Waals surface area contributed by atoms with Crippen molar-refractivity contribution in [2.75, 3.05) is 0 Å². The Morgan fingerprint density at radius 3 is 1.91 bits per heavy atom. The Morgan fingerprint density at radius 1 is 0.773 bits per heavy atom. The molecule has 1 nitrogen and oxygen atoms in total. The van der Waals surface area contributed by atoms with Crippen molar-refractivity contribution in [2.24, 2.45) is 0 Å². The van der Waals surface area contributed by atoms with Crippen LogP contribution in [-0.2, 0) is 12.8 Å². The molecule has 1 heterocycles. The lowest BCUT2D eigenvalue weighted by Crippen LogP contribution is -2.41. The molecule has 0 aromatic carbocycles. The van der Waals surface area contributed by atoms with Crippen molar-refractivity contribution in [3.8, 4) is 0 Å². The fourth-order valence-electron chi connectivity index (χ4n) is 3.38. The molecule has 0 bridgehead atoms. The van der Waals surface area contributed by atoms with E-state index >= 15 is 0 Å². The standard InChI is InChI=1S/C20H38OSi/c1-6-8-9-10-11-12-13-14-16-18-17-21-19(15-7-2)20(18)22(3,4)5/h17H,6-16H2,1-5H3. The van der Waals surface area contributed by atoms with Gasteiger partial charge in [-0.3, -0.25) is 0 Å². The van der Waals surface area contributed by atoms with Gasteiger partial charge in [-0.05, 0) is 30.0 Å². The van der Waals surface area contributed by atoms with Crippen LogP contribution in [0.4, 0.5) is 0 Å². The Balaban J connectivity index is 2.39. The van der Waals surface area contributed by atoms with Gasteiger partial charge in [-0.15, -0.1) is 0 Å². The van der Waals surface area contributed by atoms with Gasteiger partial charge in [0.1, 0.15) is 5.76 Å². The van der Waals surface area contributed by atoms with Crippen molar-refractivity contribution in [3.05, 3.63) is 17.6 Å². The second-order valence-corrected chi connectivity index (χ2v) is 12.8. The Hall–Kier alpha value is -0.503. The second kappa shape index (κ2) is 10.3. The molecule has 0 aliphatic rings. The van der Waals surface area contributed by atoms with Gasteiger partial charge in [0.25, 0.3) is 0 Å². The van der Waals surface area contributed by atoms with Gasteiger partial charge in [0.2, 0.25) is 0 Å². The predicted octanol–water partition coefficient (Wildman–Crippen LogP) is 6.46. The summed E-state index contributed by atoms with van der Waals surface area (Å²) in [6.07, 6.45) is 16.7. The summed E-state index contributed by atoms with van der Waals surface area (Å²) in [6, 6.07) is 0. The number of aryl methyl sites for hydroxylation is 2. The maximum atomic E-state index is 5.92. The van der Waals surface area contributed by atoms with Crippen LogP contribution in [0.5, 0.6) is 0 Å². The minimum Gasteiger partial charge on any atom is -0.469 e. The summed E-state index contributed by atoms with van der Waals surface area (Å²) in [5.74, 6) is 1.29. The lowest BCUT2D eigenvalue weighted by Gasteiger charge is -2.18. The average molecular weight is 323 g/mol. The third-order valence-electron chi connectivity index (χ3n) is 4.47. The van der Waals surface area contributed by atoms with Gasteiger partial charge in [0, 0.05) is 6.42 Å². The fraction of sp³-hybridized carbons (Fsp3) is 0.800. The highest BCUT2D eigenvalue weighted by Gasteiger charge is 2.26. The highest BCUT2D eigenvalue weighted by molar-refractivity contribution is 6.89. The zero-order chi connectivity index (χ0) is 16.4. The molecular formula is C20H38OSi. The van der Waals surface area contributed by atoms with E-state index in [-0.39, 0.29) is 0 Å². The molecule has 0 N–H and O–H groups in total. The highest BCUT2D eigenvalue weighted by Crippen LogP contribution is 2.18. The van der Waals surface area contributed by atoms with Crippen LogP contribution in [0.25, 0.3) is 0 Å². The maximum absolute atomic E-state index is 5.92. The molecule has 0 fully saturated rings. The molecule has 0 saturated carbocycles. The van der Waals surface area contributed by atoms with E-state index in [0.29, 0.717) is 0 Å². The van der Waals surface area contributed by atoms with Gasteiger partial charge in [-0.1, -0.05) is 78.4 Å². The molecule has 1 rings (SSSR count). The maximum Gasteiger partial charge on any atom is 0.103 e. The van der Waals surface area contributed by atoms with E-state index in [4.69, 9.17) is 4.42 Å². The Kier molecular flexibility index (Phi) is 9.15. The normalized spacial score (nSPS) is 12.0. The van der Waals surface area contributed by atoms with Gasteiger partial charge < -0.3 is 4.42 Å². The van der Waals surface area contributed by atoms with E-state index in [0.717, 1.165) is 6.42 Å². The van der Waals surface area contributed by atoms with E-state index < -0.39 is 8.07 Å². The van der Waals surface area contributed by atoms with E-state index in [1.165, 1.54) is 75.5 Å². The lowest BCUT2D eigenvalue weighted by molar-refractivity contribution is 0.505. The van der Waals surface area contributed by atoms with Gasteiger partial charge in [0.15, 0.2) is 0 Å². The summed E-state index contributed by atoms with van der Waals surface area (Å²) in [5, 5.41) is 1.62. The zero-order valence-corrected chi connectivity index (χ0v) is 16.8. The molecule has 0 spiro atoms. The number of unbranched alkanes of at least 4 members (excludes halogenated alkanes) is 7. The van der Waals surface area contributed by atoms with Crippen molar-refractivity contribution in [1.82, 2.24) is 0 Å². The van der Waals surface area contributed by atoms with Crippen molar-refractivity contribution >= 4 is 13.3 Å². The van der Waals surface area contributed by atoms with Crippen LogP contribution in [-0.4, -0.2) is 8.07 Å². The summed E-state index contributed by atoms with van der Waals surface area (Å²) >= 11 is 0. The van der Waals surface area contributed by atoms with E-state index in [1.807, 2.05) is 0 Å². The molecular weight excluding hydrogens is 284 g/mol. The Bertz CT molecular complexity index is 400. The van der Waals surface area contributed by atoms with Crippen LogP contribution in [0.15, 0.2) is 10.7 Å². The molecule has 0 saturated heterocycles. The van der Waals surface area contributed by atoms with Gasteiger partial charge in [0.05, 0.1) is 14.3 Å². The van der Waals surface area contributed by atoms with Crippen LogP contribution >= 0.6 is 0 Å². The van der Waals surface area contributed by atoms with Crippen LogP contribution < -0.4 is 5.19 Å². The number of hydrogen-bond acceptors (Lipinski definition) is 1. The molecule has 0 amide bonds. The smallest absolute Gasteiger partial charge is 0.103 e. The predicted molar refractivity (Wildman–Crippen MR) is 102 cm³/mol. The summed E-state index contributed by atoms with van der Waals surface area (Å²) in [6.45, 7) is 11.9. The van der Waals surface area contributed by atoms with Crippen LogP contribution in [0.3, 0.4) is 0 Å². The van der Waals surface area contributed by atoms with Crippen molar-refractivity contribution < 1.29 is 4.42 Å². The first-order valence-electron chi connectivity index (χ1n) is 9.60. The minimum absolute atomic E-state index is 1.11. The van der Waals surface area contributed by atoms with Gasteiger partial charge >= 0.3 is 0 Å². The zero-order valence-electron chi connectivity index (χ0n) is 15.8. The Labute approximate surface area is 139 Å². The number of rotatable bonds is 12. The summed E-state index contributed by atoms with van der Waals surface area (Å²) < 4.78 is 5.92. The monoisotopic (exact) mass is 322 g/mol. The second-order valence-electron chi connectivity index (χ2n) is 7.78. The van der Waals surface area contributed by atoms with Crippen LogP contribution in [0.2, 0.25) is 19.6 Å². The van der Waals surface area contributed by atoms with Crippen molar-refractivity contribution in [3.63, 3.8) is 0 Å². The molecule has 0 atom stereocenters. The highest BCUT2D eigenvalue weighted by atomic mass is 28.3. The third-order valence-corrected chi connectivity index (χ3v) is 6.57. The van der Waals surface area contributed by atoms with E-state index in [9.17, 15) is 0 Å². The molecule has 22 heavy (non-hydrogen) atoms. The largest absolute Gasteiger partial charge is 0.469 e. The minimum atomic E-state index is -1.29. The third kappa shape index (κ3) is 6.72. The van der Waals surface area contributed by atoms with Crippen LogP contribution in [0.1, 0.15) is 83.0 Å². The summed E-state index contributed by atoms with van der Waals surface area (Å²) in [4.78, 5) is 0. The molecule has 2 heteroatoms. The molecule has 0 radical (unpaired) electrons. The molecule has 0 aliphatic heterocycles. The van der Waals surface area contributed by atoms with Gasteiger partial charge in [-0.2, -0.15) is 0 Å². The molecule has 128 valence electrons. The summed E-state index contributed by atoms with van der Waals surface area (Å²) in [7, 11) is -1.29. The number of hydrogen-bond donors (Lipinski definition) is 0. The van der Waals surface area contributed by atoms with Crippen molar-refractivity contribution in [2.45, 2.75) is 104 Å². The van der Waals surface area contributed by atoms with E-state index in [1.54, 1.807) is 5.19 Å². The topological polar surface area (TPSA) is 13.1 Å². The fourth-order valence-corrected chi connectivity index (χ4v) is 5.55. The molecule has 1 aromatic heterocycles.